The van der Waals surface area contributed by atoms with Crippen molar-refractivity contribution in [3.8, 4) is 0 Å². The monoisotopic (exact) mass is 243 g/mol. The first-order valence-electron chi connectivity index (χ1n) is 7.21. The fraction of sp³-hybridized carbons (Fsp3) is 1.00. The van der Waals surface area contributed by atoms with Crippen molar-refractivity contribution in [2.24, 2.45) is 5.92 Å². The Balaban J connectivity index is 1.81. The van der Waals surface area contributed by atoms with E-state index in [1.165, 1.54) is 25.7 Å². The fourth-order valence-corrected chi connectivity index (χ4v) is 2.27. The van der Waals surface area contributed by atoms with Crippen LogP contribution in [0, 0.1) is 5.92 Å². The molecule has 0 heterocycles. The fourth-order valence-electron chi connectivity index (χ4n) is 2.27. The van der Waals surface area contributed by atoms with Crippen molar-refractivity contribution < 1.29 is 9.47 Å². The van der Waals surface area contributed by atoms with Crippen LogP contribution in [-0.4, -0.2) is 39.0 Å². The van der Waals surface area contributed by atoms with Crippen LogP contribution in [0.5, 0.6) is 0 Å². The highest BCUT2D eigenvalue weighted by molar-refractivity contribution is 4.74. The first-order chi connectivity index (χ1) is 8.33. The summed E-state index contributed by atoms with van der Waals surface area (Å²) in [5.41, 5.74) is 0. The van der Waals surface area contributed by atoms with Crippen LogP contribution in [0.1, 0.15) is 46.0 Å². The predicted octanol–water partition coefficient (Wildman–Crippen LogP) is 2.60. The molecule has 1 rings (SSSR count). The molecule has 3 nitrogen and oxygen atoms in total. The van der Waals surface area contributed by atoms with Gasteiger partial charge in [0.05, 0.1) is 19.8 Å². The van der Waals surface area contributed by atoms with Gasteiger partial charge in [-0.05, 0) is 38.0 Å². The van der Waals surface area contributed by atoms with Gasteiger partial charge in [-0.25, -0.2) is 0 Å². The van der Waals surface area contributed by atoms with Crippen LogP contribution >= 0.6 is 0 Å². The highest BCUT2D eigenvalue weighted by Crippen LogP contribution is 2.23. The summed E-state index contributed by atoms with van der Waals surface area (Å²) in [5.74, 6) is 0.931. The molecule has 0 aromatic heterocycles. The van der Waals surface area contributed by atoms with E-state index in [1.54, 1.807) is 0 Å². The molecule has 0 atom stereocenters. The zero-order valence-electron chi connectivity index (χ0n) is 11.5. The van der Waals surface area contributed by atoms with Gasteiger partial charge in [-0.2, -0.15) is 0 Å². The molecule has 0 aromatic rings. The number of rotatable bonds is 9. The molecule has 0 saturated heterocycles. The molecule has 17 heavy (non-hydrogen) atoms. The van der Waals surface area contributed by atoms with Crippen molar-refractivity contribution in [2.45, 2.75) is 52.0 Å². The van der Waals surface area contributed by atoms with Crippen molar-refractivity contribution in [3.05, 3.63) is 0 Å². The lowest BCUT2D eigenvalue weighted by molar-refractivity contribution is 0.0480. The molecule has 102 valence electrons. The highest BCUT2D eigenvalue weighted by atomic mass is 16.5. The molecule has 1 saturated carbocycles. The molecule has 0 spiro atoms. The van der Waals surface area contributed by atoms with E-state index >= 15 is 0 Å². The Morgan fingerprint density at radius 2 is 1.59 bits per heavy atom. The minimum Gasteiger partial charge on any atom is -0.379 e. The summed E-state index contributed by atoms with van der Waals surface area (Å²) in [6.07, 6.45) is 6.51. The van der Waals surface area contributed by atoms with E-state index in [0.29, 0.717) is 0 Å². The topological polar surface area (TPSA) is 30.5 Å². The van der Waals surface area contributed by atoms with E-state index in [2.05, 4.69) is 19.2 Å². The molecule has 3 heteroatoms. The van der Waals surface area contributed by atoms with Gasteiger partial charge in [-0.3, -0.25) is 0 Å². The van der Waals surface area contributed by atoms with Crippen LogP contribution in [0.4, 0.5) is 0 Å². The lowest BCUT2D eigenvalue weighted by Crippen LogP contribution is -2.35. The smallest absolute Gasteiger partial charge is 0.0701 e. The Hall–Kier alpha value is -0.120. The molecule has 0 aromatic carbocycles. The third kappa shape index (κ3) is 7.74. The van der Waals surface area contributed by atoms with Crippen molar-refractivity contribution in [1.29, 1.82) is 0 Å². The molecule has 0 unspecified atom stereocenters. The molecule has 0 radical (unpaired) electrons. The van der Waals surface area contributed by atoms with E-state index in [-0.39, 0.29) is 0 Å². The summed E-state index contributed by atoms with van der Waals surface area (Å²) in [7, 11) is 0. The average Bonchev–Trinajstić information content (AvgIpc) is 2.35. The SMILES string of the molecule is CCCOCCOCCNC1CCC(C)CC1. The van der Waals surface area contributed by atoms with E-state index in [4.69, 9.17) is 9.47 Å². The van der Waals surface area contributed by atoms with Crippen molar-refractivity contribution in [3.63, 3.8) is 0 Å². The second kappa shape index (κ2) is 9.86. The number of hydrogen-bond acceptors (Lipinski definition) is 3. The van der Waals surface area contributed by atoms with Gasteiger partial charge in [-0.15, -0.1) is 0 Å². The Kier molecular flexibility index (Phi) is 8.67. The maximum atomic E-state index is 5.50. The number of hydrogen-bond donors (Lipinski definition) is 1. The summed E-state index contributed by atoms with van der Waals surface area (Å²) < 4.78 is 10.9. The van der Waals surface area contributed by atoms with Gasteiger partial charge in [0.1, 0.15) is 0 Å². The number of nitrogens with one attached hydrogen (secondary N) is 1. The third-order valence-electron chi connectivity index (χ3n) is 3.42. The number of ether oxygens (including phenoxy) is 2. The van der Waals surface area contributed by atoms with Gasteiger partial charge in [0.15, 0.2) is 0 Å². The molecule has 0 bridgehead atoms. The first kappa shape index (κ1) is 14.9. The average molecular weight is 243 g/mol. The molecule has 0 aliphatic heterocycles. The summed E-state index contributed by atoms with van der Waals surface area (Å²) in [4.78, 5) is 0. The highest BCUT2D eigenvalue weighted by Gasteiger charge is 2.16. The molecular formula is C14H29NO2. The van der Waals surface area contributed by atoms with Gasteiger partial charge in [0.25, 0.3) is 0 Å². The molecular weight excluding hydrogens is 214 g/mol. The van der Waals surface area contributed by atoms with E-state index in [9.17, 15) is 0 Å². The van der Waals surface area contributed by atoms with Crippen molar-refractivity contribution >= 4 is 0 Å². The molecule has 1 N–H and O–H groups in total. The van der Waals surface area contributed by atoms with Gasteiger partial charge in [0, 0.05) is 19.2 Å². The second-order valence-electron chi connectivity index (χ2n) is 5.14. The standard InChI is InChI=1S/C14H29NO2/c1-3-9-16-11-12-17-10-8-15-14-6-4-13(2)5-7-14/h13-15H,3-12H2,1-2H3. The first-order valence-corrected chi connectivity index (χ1v) is 7.21. The van der Waals surface area contributed by atoms with Crippen LogP contribution in [0.25, 0.3) is 0 Å². The van der Waals surface area contributed by atoms with E-state index < -0.39 is 0 Å². The summed E-state index contributed by atoms with van der Waals surface area (Å²) in [6, 6.07) is 0.728. The summed E-state index contributed by atoms with van der Waals surface area (Å²) in [5, 5.41) is 3.58. The van der Waals surface area contributed by atoms with E-state index in [0.717, 1.165) is 51.4 Å². The van der Waals surface area contributed by atoms with Gasteiger partial charge in [0.2, 0.25) is 0 Å². The maximum Gasteiger partial charge on any atom is 0.0701 e. The van der Waals surface area contributed by atoms with Crippen molar-refractivity contribution in [2.75, 3.05) is 33.0 Å². The van der Waals surface area contributed by atoms with Crippen LogP contribution in [0.3, 0.4) is 0 Å². The van der Waals surface area contributed by atoms with E-state index in [1.807, 2.05) is 0 Å². The lowest BCUT2D eigenvalue weighted by atomic mass is 9.87. The van der Waals surface area contributed by atoms with Gasteiger partial charge >= 0.3 is 0 Å². The minimum absolute atomic E-state index is 0.726. The molecule has 1 aliphatic carbocycles. The Morgan fingerprint density at radius 3 is 2.24 bits per heavy atom. The summed E-state index contributed by atoms with van der Waals surface area (Å²) in [6.45, 7) is 8.57. The zero-order chi connectivity index (χ0) is 12.3. The molecule has 1 aliphatic rings. The van der Waals surface area contributed by atoms with Crippen LogP contribution in [0.15, 0.2) is 0 Å². The lowest BCUT2D eigenvalue weighted by Gasteiger charge is -2.26. The van der Waals surface area contributed by atoms with Crippen LogP contribution < -0.4 is 5.32 Å². The maximum absolute atomic E-state index is 5.50. The quantitative estimate of drug-likeness (QED) is 0.631. The Bertz CT molecular complexity index is 168. The second-order valence-corrected chi connectivity index (χ2v) is 5.14. The molecule has 0 amide bonds. The largest absolute Gasteiger partial charge is 0.379 e. The Morgan fingerprint density at radius 1 is 0.941 bits per heavy atom. The van der Waals surface area contributed by atoms with Crippen molar-refractivity contribution in [1.82, 2.24) is 5.32 Å². The van der Waals surface area contributed by atoms with Crippen LogP contribution in [0.2, 0.25) is 0 Å². The Labute approximate surface area is 106 Å². The normalized spacial score (nSPS) is 25.1. The zero-order valence-corrected chi connectivity index (χ0v) is 11.5. The summed E-state index contributed by atoms with van der Waals surface area (Å²) >= 11 is 0. The predicted molar refractivity (Wildman–Crippen MR) is 71.4 cm³/mol. The third-order valence-corrected chi connectivity index (χ3v) is 3.42. The van der Waals surface area contributed by atoms with Gasteiger partial charge in [-0.1, -0.05) is 13.8 Å². The van der Waals surface area contributed by atoms with Gasteiger partial charge < -0.3 is 14.8 Å². The van der Waals surface area contributed by atoms with Crippen LogP contribution in [-0.2, 0) is 9.47 Å². The minimum atomic E-state index is 0.726. The molecule has 1 fully saturated rings.